The van der Waals surface area contributed by atoms with E-state index in [0.717, 1.165) is 32.1 Å². The van der Waals surface area contributed by atoms with Gasteiger partial charge >= 0.3 is 0 Å². The summed E-state index contributed by atoms with van der Waals surface area (Å²) in [6.45, 7) is 1.20. The number of sulfonamides is 1. The second-order valence-corrected chi connectivity index (χ2v) is 6.29. The van der Waals surface area contributed by atoms with Crippen LogP contribution in [0.1, 0.15) is 32.1 Å². The van der Waals surface area contributed by atoms with Gasteiger partial charge in [0.05, 0.1) is 11.9 Å². The van der Waals surface area contributed by atoms with Crippen LogP contribution in [0.25, 0.3) is 0 Å². The molecule has 0 aromatic rings. The Balaban J connectivity index is 2.13. The predicted molar refractivity (Wildman–Crippen MR) is 65.3 cm³/mol. The minimum Gasteiger partial charge on any atom is -0.377 e. The first-order valence-corrected chi connectivity index (χ1v) is 7.97. The van der Waals surface area contributed by atoms with E-state index in [1.54, 1.807) is 0 Å². The molecule has 1 heterocycles. The molecule has 0 aromatic carbocycles. The summed E-state index contributed by atoms with van der Waals surface area (Å²) in [5.41, 5.74) is 0. The summed E-state index contributed by atoms with van der Waals surface area (Å²) in [7, 11) is -3.16. The van der Waals surface area contributed by atoms with Gasteiger partial charge in [0, 0.05) is 19.0 Å². The number of ether oxygens (including phenoxy) is 1. The van der Waals surface area contributed by atoms with Crippen LogP contribution in [0.3, 0.4) is 0 Å². The van der Waals surface area contributed by atoms with E-state index >= 15 is 0 Å². The zero-order valence-electron chi connectivity index (χ0n) is 9.45. The molecule has 1 aliphatic heterocycles. The minimum absolute atomic E-state index is 0.0997. The molecule has 0 spiro atoms. The van der Waals surface area contributed by atoms with E-state index < -0.39 is 10.0 Å². The zero-order chi connectivity index (χ0) is 11.9. The van der Waals surface area contributed by atoms with Crippen molar-refractivity contribution >= 4 is 21.6 Å². The number of rotatable bonds is 8. The van der Waals surface area contributed by atoms with Gasteiger partial charge in [-0.1, -0.05) is 6.42 Å². The molecule has 16 heavy (non-hydrogen) atoms. The highest BCUT2D eigenvalue weighted by Gasteiger charge is 2.22. The summed E-state index contributed by atoms with van der Waals surface area (Å²) in [5, 5.41) is 0. The fourth-order valence-corrected chi connectivity index (χ4v) is 3.22. The Morgan fingerprint density at radius 2 is 2.12 bits per heavy atom. The van der Waals surface area contributed by atoms with Gasteiger partial charge in [-0.3, -0.25) is 0 Å². The van der Waals surface area contributed by atoms with Gasteiger partial charge in [0.1, 0.15) is 0 Å². The van der Waals surface area contributed by atoms with Gasteiger partial charge in [0.2, 0.25) is 10.0 Å². The molecule has 1 N–H and O–H groups in total. The fraction of sp³-hybridized carbons (Fsp3) is 1.00. The third-order valence-electron chi connectivity index (χ3n) is 2.56. The second kappa shape index (κ2) is 7.48. The lowest BCUT2D eigenvalue weighted by Gasteiger charge is -2.10. The average Bonchev–Trinajstić information content (AvgIpc) is 2.69. The van der Waals surface area contributed by atoms with Crippen LogP contribution >= 0.6 is 11.6 Å². The van der Waals surface area contributed by atoms with Crippen LogP contribution in [0.15, 0.2) is 0 Å². The van der Waals surface area contributed by atoms with Crippen LogP contribution < -0.4 is 4.72 Å². The van der Waals surface area contributed by atoms with Crippen LogP contribution in [-0.4, -0.2) is 39.3 Å². The van der Waals surface area contributed by atoms with Crippen molar-refractivity contribution in [3.63, 3.8) is 0 Å². The lowest BCUT2D eigenvalue weighted by Crippen LogP contribution is -2.32. The Morgan fingerprint density at radius 3 is 2.75 bits per heavy atom. The van der Waals surface area contributed by atoms with E-state index in [9.17, 15) is 8.42 Å². The highest BCUT2D eigenvalue weighted by molar-refractivity contribution is 7.89. The predicted octanol–water partition coefficient (Wildman–Crippen LogP) is 1.49. The molecule has 1 aliphatic rings. The van der Waals surface area contributed by atoms with Crippen LogP contribution in [-0.2, 0) is 14.8 Å². The molecule has 0 radical (unpaired) electrons. The maximum Gasteiger partial charge on any atom is 0.214 e. The quantitative estimate of drug-likeness (QED) is 0.537. The molecule has 4 nitrogen and oxygen atoms in total. The number of nitrogens with one attached hydrogen (secondary N) is 1. The maximum absolute atomic E-state index is 11.6. The monoisotopic (exact) mass is 269 g/mol. The van der Waals surface area contributed by atoms with E-state index in [-0.39, 0.29) is 11.9 Å². The average molecular weight is 270 g/mol. The summed E-state index contributed by atoms with van der Waals surface area (Å²) in [6, 6.07) is 0. The van der Waals surface area contributed by atoms with E-state index in [1.807, 2.05) is 0 Å². The molecule has 96 valence electrons. The van der Waals surface area contributed by atoms with Crippen molar-refractivity contribution in [2.45, 2.75) is 38.2 Å². The van der Waals surface area contributed by atoms with Gasteiger partial charge in [0.15, 0.2) is 0 Å². The molecular formula is C10H20ClNO3S. The molecule has 0 bridgehead atoms. The van der Waals surface area contributed by atoms with Gasteiger partial charge in [-0.2, -0.15) is 0 Å². The number of hydrogen-bond donors (Lipinski definition) is 1. The van der Waals surface area contributed by atoms with Gasteiger partial charge in [-0.25, -0.2) is 13.1 Å². The van der Waals surface area contributed by atoms with Crippen molar-refractivity contribution in [1.82, 2.24) is 4.72 Å². The first-order valence-electron chi connectivity index (χ1n) is 5.79. The molecule has 0 saturated carbocycles. The van der Waals surface area contributed by atoms with Crippen molar-refractivity contribution in [1.29, 1.82) is 0 Å². The summed E-state index contributed by atoms with van der Waals surface area (Å²) in [4.78, 5) is 0. The van der Waals surface area contributed by atoms with Crippen molar-refractivity contribution in [2.75, 3.05) is 24.8 Å². The zero-order valence-corrected chi connectivity index (χ0v) is 11.0. The standard InChI is InChI=1S/C10H20ClNO3S/c11-6-2-1-3-7-12-16(13,14)9-10-5-4-8-15-10/h10,12H,1-9H2. The first-order chi connectivity index (χ1) is 7.64. The van der Waals surface area contributed by atoms with Crippen LogP contribution in [0.2, 0.25) is 0 Å². The van der Waals surface area contributed by atoms with Crippen molar-refractivity contribution in [3.05, 3.63) is 0 Å². The van der Waals surface area contributed by atoms with Crippen LogP contribution in [0, 0.1) is 0 Å². The summed E-state index contributed by atoms with van der Waals surface area (Å²) >= 11 is 5.53. The van der Waals surface area contributed by atoms with E-state index in [0.29, 0.717) is 19.0 Å². The van der Waals surface area contributed by atoms with Gasteiger partial charge in [0.25, 0.3) is 0 Å². The van der Waals surface area contributed by atoms with E-state index in [2.05, 4.69) is 4.72 Å². The van der Waals surface area contributed by atoms with Crippen molar-refractivity contribution in [2.24, 2.45) is 0 Å². The summed E-state index contributed by atoms with van der Waals surface area (Å²) in [5.74, 6) is 0.741. The minimum atomic E-state index is -3.16. The number of alkyl halides is 1. The molecule has 1 rings (SSSR count). The summed E-state index contributed by atoms with van der Waals surface area (Å²) < 4.78 is 31.1. The molecule has 1 unspecified atom stereocenters. The van der Waals surface area contributed by atoms with Crippen molar-refractivity contribution in [3.8, 4) is 0 Å². The van der Waals surface area contributed by atoms with E-state index in [1.165, 1.54) is 0 Å². The summed E-state index contributed by atoms with van der Waals surface area (Å²) in [6.07, 6.45) is 4.46. The normalized spacial score (nSPS) is 21.4. The highest BCUT2D eigenvalue weighted by Crippen LogP contribution is 2.13. The molecule has 6 heteroatoms. The van der Waals surface area contributed by atoms with Gasteiger partial charge in [-0.05, 0) is 25.7 Å². The van der Waals surface area contributed by atoms with Gasteiger partial charge in [-0.15, -0.1) is 11.6 Å². The Labute approximate surface area is 103 Å². The Morgan fingerprint density at radius 1 is 1.31 bits per heavy atom. The Kier molecular flexibility index (Phi) is 6.65. The topological polar surface area (TPSA) is 55.4 Å². The fourth-order valence-electron chi connectivity index (χ4n) is 1.70. The highest BCUT2D eigenvalue weighted by atomic mass is 35.5. The number of hydrogen-bond acceptors (Lipinski definition) is 3. The lowest BCUT2D eigenvalue weighted by atomic mass is 10.2. The molecule has 1 atom stereocenters. The third-order valence-corrected chi connectivity index (χ3v) is 4.28. The first kappa shape index (κ1) is 14.2. The molecule has 0 aromatic heterocycles. The number of unbranched alkanes of at least 4 members (excludes halogenated alkanes) is 2. The van der Waals surface area contributed by atoms with Crippen LogP contribution in [0.4, 0.5) is 0 Å². The van der Waals surface area contributed by atoms with Crippen molar-refractivity contribution < 1.29 is 13.2 Å². The smallest absolute Gasteiger partial charge is 0.214 e. The maximum atomic E-state index is 11.6. The second-order valence-electron chi connectivity index (χ2n) is 4.06. The molecular weight excluding hydrogens is 250 g/mol. The van der Waals surface area contributed by atoms with E-state index in [4.69, 9.17) is 16.3 Å². The number of halogens is 1. The van der Waals surface area contributed by atoms with Gasteiger partial charge < -0.3 is 4.74 Å². The molecule has 1 saturated heterocycles. The third kappa shape index (κ3) is 6.03. The van der Waals surface area contributed by atoms with Crippen LogP contribution in [0.5, 0.6) is 0 Å². The lowest BCUT2D eigenvalue weighted by molar-refractivity contribution is 0.127. The largest absolute Gasteiger partial charge is 0.377 e. The molecule has 0 amide bonds. The Hall–Kier alpha value is 0.160. The SMILES string of the molecule is O=S(=O)(CC1CCCO1)NCCCCCCl. The Bertz CT molecular complexity index is 276. The molecule has 1 fully saturated rings. The molecule has 0 aliphatic carbocycles.